The van der Waals surface area contributed by atoms with Crippen molar-refractivity contribution in [1.82, 2.24) is 14.7 Å². The minimum absolute atomic E-state index is 0.251. The van der Waals surface area contributed by atoms with Gasteiger partial charge in [0.2, 0.25) is 5.91 Å². The average molecular weight is 371 g/mol. The molecule has 0 fully saturated rings. The normalized spacial score (nSPS) is 11.3. The number of carbonyl (C=O) groups is 1. The van der Waals surface area contributed by atoms with Gasteiger partial charge in [-0.2, -0.15) is 18.3 Å². The standard InChI is InChI=1S/C17H20F3N3O3/c1-22(8-6-12-4-5-13(25-2)14(10-12)26-3)16(24)11-23-9-7-15(21-23)17(18,19)20/h4-5,7,9-10H,6,8,11H2,1-3H3. The van der Waals surface area contributed by atoms with Gasteiger partial charge < -0.3 is 14.4 Å². The number of carbonyl (C=O) groups excluding carboxylic acids is 1. The first-order valence-corrected chi connectivity index (χ1v) is 7.80. The van der Waals surface area contributed by atoms with Gasteiger partial charge in [-0.3, -0.25) is 9.48 Å². The summed E-state index contributed by atoms with van der Waals surface area (Å²) in [6, 6.07) is 6.30. The molecule has 26 heavy (non-hydrogen) atoms. The second kappa shape index (κ2) is 8.11. The molecule has 1 heterocycles. The van der Waals surface area contributed by atoms with Gasteiger partial charge >= 0.3 is 6.18 Å². The lowest BCUT2D eigenvalue weighted by Gasteiger charge is -2.17. The summed E-state index contributed by atoms with van der Waals surface area (Å²) in [5, 5.41) is 3.38. The van der Waals surface area contributed by atoms with E-state index in [-0.39, 0.29) is 12.5 Å². The number of rotatable bonds is 7. The summed E-state index contributed by atoms with van der Waals surface area (Å²) in [6.45, 7) is 0.153. The topological polar surface area (TPSA) is 56.6 Å². The number of nitrogens with zero attached hydrogens (tertiary/aromatic N) is 3. The zero-order valence-corrected chi connectivity index (χ0v) is 14.7. The van der Waals surface area contributed by atoms with Crippen LogP contribution in [-0.2, 0) is 23.9 Å². The largest absolute Gasteiger partial charge is 0.493 e. The van der Waals surface area contributed by atoms with Gasteiger partial charge in [-0.15, -0.1) is 0 Å². The molecule has 0 atom stereocenters. The van der Waals surface area contributed by atoms with Crippen LogP contribution in [0.15, 0.2) is 30.5 Å². The Bertz CT molecular complexity index is 759. The van der Waals surface area contributed by atoms with E-state index in [0.29, 0.717) is 24.5 Å². The third kappa shape index (κ3) is 4.90. The third-order valence-electron chi connectivity index (χ3n) is 3.84. The second-order valence-corrected chi connectivity index (χ2v) is 5.65. The van der Waals surface area contributed by atoms with Crippen LogP contribution in [0.2, 0.25) is 0 Å². The van der Waals surface area contributed by atoms with Gasteiger partial charge in [-0.1, -0.05) is 6.07 Å². The van der Waals surface area contributed by atoms with Crippen molar-refractivity contribution in [3.8, 4) is 11.5 Å². The van der Waals surface area contributed by atoms with E-state index in [1.54, 1.807) is 20.2 Å². The first kappa shape index (κ1) is 19.6. The summed E-state index contributed by atoms with van der Waals surface area (Å²) >= 11 is 0. The quantitative estimate of drug-likeness (QED) is 0.751. The number of amides is 1. The number of halogens is 3. The van der Waals surface area contributed by atoms with Gasteiger partial charge in [0.05, 0.1) is 14.2 Å². The maximum absolute atomic E-state index is 12.5. The van der Waals surface area contributed by atoms with Crippen LogP contribution < -0.4 is 9.47 Å². The van der Waals surface area contributed by atoms with Gasteiger partial charge in [0.1, 0.15) is 6.54 Å². The number of likely N-dealkylation sites (N-methyl/N-ethyl adjacent to an activating group) is 1. The Morgan fingerprint density at radius 1 is 1.19 bits per heavy atom. The highest BCUT2D eigenvalue weighted by molar-refractivity contribution is 5.75. The predicted molar refractivity (Wildman–Crippen MR) is 88.1 cm³/mol. The lowest BCUT2D eigenvalue weighted by Crippen LogP contribution is -2.32. The molecule has 0 aliphatic rings. The number of hydrogen-bond acceptors (Lipinski definition) is 4. The molecular formula is C17H20F3N3O3. The van der Waals surface area contributed by atoms with Crippen molar-refractivity contribution in [2.45, 2.75) is 19.1 Å². The third-order valence-corrected chi connectivity index (χ3v) is 3.84. The Morgan fingerprint density at radius 2 is 1.88 bits per heavy atom. The van der Waals surface area contributed by atoms with Crippen LogP contribution in [-0.4, -0.2) is 48.4 Å². The fourth-order valence-electron chi connectivity index (χ4n) is 2.32. The van der Waals surface area contributed by atoms with Crippen LogP contribution >= 0.6 is 0 Å². The molecule has 0 aliphatic heterocycles. The van der Waals surface area contributed by atoms with Crippen LogP contribution in [0.1, 0.15) is 11.3 Å². The summed E-state index contributed by atoms with van der Waals surface area (Å²) in [5.41, 5.74) is -0.0703. The van der Waals surface area contributed by atoms with Crippen LogP contribution in [0.4, 0.5) is 13.2 Å². The van der Waals surface area contributed by atoms with Crippen molar-refractivity contribution in [2.75, 3.05) is 27.8 Å². The Hall–Kier alpha value is -2.71. The van der Waals surface area contributed by atoms with Crippen molar-refractivity contribution in [2.24, 2.45) is 0 Å². The van der Waals surface area contributed by atoms with Crippen LogP contribution in [0.3, 0.4) is 0 Å². The van der Waals surface area contributed by atoms with E-state index in [9.17, 15) is 18.0 Å². The monoisotopic (exact) mass is 371 g/mol. The molecule has 1 aromatic heterocycles. The minimum Gasteiger partial charge on any atom is -0.493 e. The highest BCUT2D eigenvalue weighted by atomic mass is 19.4. The first-order chi connectivity index (χ1) is 12.2. The molecule has 0 radical (unpaired) electrons. The number of benzene rings is 1. The van der Waals surface area contributed by atoms with E-state index in [2.05, 4.69) is 5.10 Å². The highest BCUT2D eigenvalue weighted by Gasteiger charge is 2.33. The van der Waals surface area contributed by atoms with Crippen molar-refractivity contribution in [1.29, 1.82) is 0 Å². The van der Waals surface area contributed by atoms with Crippen molar-refractivity contribution in [3.63, 3.8) is 0 Å². The number of methoxy groups -OCH3 is 2. The highest BCUT2D eigenvalue weighted by Crippen LogP contribution is 2.28. The van der Waals surface area contributed by atoms with E-state index in [1.807, 2.05) is 12.1 Å². The van der Waals surface area contributed by atoms with Crippen molar-refractivity contribution < 1.29 is 27.4 Å². The lowest BCUT2D eigenvalue weighted by atomic mass is 10.1. The first-order valence-electron chi connectivity index (χ1n) is 7.80. The van der Waals surface area contributed by atoms with Gasteiger partial charge in [0.25, 0.3) is 0 Å². The summed E-state index contributed by atoms with van der Waals surface area (Å²) in [6.07, 6.45) is -2.81. The number of alkyl halides is 3. The molecule has 9 heteroatoms. The van der Waals surface area contributed by atoms with E-state index in [0.717, 1.165) is 22.5 Å². The fourth-order valence-corrected chi connectivity index (χ4v) is 2.32. The molecule has 0 bridgehead atoms. The average Bonchev–Trinajstić information content (AvgIpc) is 3.08. The van der Waals surface area contributed by atoms with E-state index >= 15 is 0 Å². The predicted octanol–water partition coefficient (Wildman–Crippen LogP) is 2.62. The molecule has 6 nitrogen and oxygen atoms in total. The number of hydrogen-bond donors (Lipinski definition) is 0. The van der Waals surface area contributed by atoms with E-state index < -0.39 is 11.9 Å². The molecule has 1 aromatic carbocycles. The van der Waals surface area contributed by atoms with Crippen LogP contribution in [0, 0.1) is 0 Å². The maximum Gasteiger partial charge on any atom is 0.435 e. The Balaban J connectivity index is 1.92. The lowest BCUT2D eigenvalue weighted by molar-refractivity contribution is -0.142. The van der Waals surface area contributed by atoms with Gasteiger partial charge in [0.15, 0.2) is 17.2 Å². The molecule has 0 spiro atoms. The SMILES string of the molecule is COc1ccc(CCN(C)C(=O)Cn2ccc(C(F)(F)F)n2)cc1OC. The van der Waals surface area contributed by atoms with Gasteiger partial charge in [-0.25, -0.2) is 0 Å². The molecule has 1 amide bonds. The van der Waals surface area contributed by atoms with E-state index in [1.165, 1.54) is 12.0 Å². The maximum atomic E-state index is 12.5. The summed E-state index contributed by atoms with van der Waals surface area (Å²) < 4.78 is 49.0. The molecular weight excluding hydrogens is 351 g/mol. The summed E-state index contributed by atoms with van der Waals surface area (Å²) in [4.78, 5) is 13.6. The van der Waals surface area contributed by atoms with Gasteiger partial charge in [-0.05, 0) is 30.2 Å². The second-order valence-electron chi connectivity index (χ2n) is 5.65. The van der Waals surface area contributed by atoms with E-state index in [4.69, 9.17) is 9.47 Å². The minimum atomic E-state index is -4.52. The molecule has 0 aliphatic carbocycles. The smallest absolute Gasteiger partial charge is 0.435 e. The Morgan fingerprint density at radius 3 is 2.46 bits per heavy atom. The zero-order chi connectivity index (χ0) is 19.3. The molecule has 2 aromatic rings. The zero-order valence-electron chi connectivity index (χ0n) is 14.7. The number of ether oxygens (including phenoxy) is 2. The molecule has 0 saturated carbocycles. The van der Waals surface area contributed by atoms with Crippen LogP contribution in [0.5, 0.6) is 11.5 Å². The Labute approximate surface area is 149 Å². The van der Waals surface area contributed by atoms with Crippen molar-refractivity contribution >= 4 is 5.91 Å². The summed E-state index contributed by atoms with van der Waals surface area (Å²) in [5.74, 6) is 0.873. The number of aromatic nitrogens is 2. The molecule has 2 rings (SSSR count). The molecule has 0 unspecified atom stereocenters. The molecule has 142 valence electrons. The van der Waals surface area contributed by atoms with Crippen molar-refractivity contribution in [3.05, 3.63) is 41.7 Å². The Kier molecular flexibility index (Phi) is 6.12. The summed E-state index contributed by atoms with van der Waals surface area (Å²) in [7, 11) is 4.68. The van der Waals surface area contributed by atoms with Crippen LogP contribution in [0.25, 0.3) is 0 Å². The fraction of sp³-hybridized carbons (Fsp3) is 0.412. The molecule has 0 N–H and O–H groups in total. The van der Waals surface area contributed by atoms with Gasteiger partial charge in [0, 0.05) is 19.8 Å². The molecule has 0 saturated heterocycles.